The Morgan fingerprint density at radius 3 is 2.29 bits per heavy atom. The molecule has 1 aromatic carbocycles. The normalized spacial score (nSPS) is 14.0. The van der Waals surface area contributed by atoms with Gasteiger partial charge in [-0.25, -0.2) is 0 Å². The van der Waals surface area contributed by atoms with Gasteiger partial charge in [-0.1, -0.05) is 12.1 Å². The SMILES string of the molecule is CCOP(=O)(OCC)[C@H](N)c1cccc(OC(F)(F)F)c1. The van der Waals surface area contributed by atoms with Gasteiger partial charge in [-0.3, -0.25) is 4.57 Å². The Morgan fingerprint density at radius 2 is 1.81 bits per heavy atom. The number of hydrogen-bond donors (Lipinski definition) is 1. The fourth-order valence-electron chi connectivity index (χ4n) is 1.64. The second kappa shape index (κ2) is 7.26. The Morgan fingerprint density at radius 1 is 1.24 bits per heavy atom. The maximum absolute atomic E-state index is 12.5. The highest BCUT2D eigenvalue weighted by Gasteiger charge is 2.35. The summed E-state index contributed by atoms with van der Waals surface area (Å²) in [5, 5.41) is 0. The smallest absolute Gasteiger partial charge is 0.406 e. The molecule has 2 N–H and O–H groups in total. The van der Waals surface area contributed by atoms with Crippen LogP contribution in [0.5, 0.6) is 5.75 Å². The first kappa shape index (κ1) is 18.0. The molecule has 0 aliphatic rings. The van der Waals surface area contributed by atoms with Crippen LogP contribution in [0.3, 0.4) is 0 Å². The Balaban J connectivity index is 3.03. The van der Waals surface area contributed by atoms with Gasteiger partial charge < -0.3 is 19.5 Å². The summed E-state index contributed by atoms with van der Waals surface area (Å²) in [7, 11) is -3.66. The molecule has 0 radical (unpaired) electrons. The molecule has 0 unspecified atom stereocenters. The van der Waals surface area contributed by atoms with E-state index >= 15 is 0 Å². The van der Waals surface area contributed by atoms with E-state index in [0.29, 0.717) is 0 Å². The van der Waals surface area contributed by atoms with Crippen molar-refractivity contribution < 1.29 is 31.5 Å². The van der Waals surface area contributed by atoms with Gasteiger partial charge in [-0.15, -0.1) is 13.2 Å². The lowest BCUT2D eigenvalue weighted by Gasteiger charge is -2.23. The number of rotatable bonds is 7. The minimum atomic E-state index is -4.81. The van der Waals surface area contributed by atoms with E-state index < -0.39 is 25.5 Å². The number of hydrogen-bond acceptors (Lipinski definition) is 5. The summed E-state index contributed by atoms with van der Waals surface area (Å²) < 4.78 is 63.0. The Hall–Kier alpha value is -1.08. The molecule has 0 spiro atoms. The number of alkyl halides is 3. The molecular formula is C12H17F3NO4P. The summed E-state index contributed by atoms with van der Waals surface area (Å²) in [5.41, 5.74) is 6.00. The average molecular weight is 327 g/mol. The fraction of sp³-hybridized carbons (Fsp3) is 0.500. The zero-order chi connectivity index (χ0) is 16.1. The minimum absolute atomic E-state index is 0.101. The second-order valence-electron chi connectivity index (χ2n) is 3.94. The van der Waals surface area contributed by atoms with Crippen LogP contribution in [0, 0.1) is 0 Å². The van der Waals surface area contributed by atoms with Crippen LogP contribution in [0.15, 0.2) is 24.3 Å². The van der Waals surface area contributed by atoms with Crippen LogP contribution in [0.1, 0.15) is 25.2 Å². The summed E-state index contributed by atoms with van der Waals surface area (Å²) in [4.78, 5) is 0. The zero-order valence-corrected chi connectivity index (χ0v) is 12.5. The fourth-order valence-corrected chi connectivity index (χ4v) is 3.28. The highest BCUT2D eigenvalue weighted by molar-refractivity contribution is 7.54. The van der Waals surface area contributed by atoms with Crippen LogP contribution >= 0.6 is 7.60 Å². The van der Waals surface area contributed by atoms with Crippen LogP contribution < -0.4 is 10.5 Å². The first-order chi connectivity index (χ1) is 9.72. The summed E-state index contributed by atoms with van der Waals surface area (Å²) in [5.74, 6) is -1.65. The number of nitrogens with two attached hydrogens (primary N) is 1. The van der Waals surface area contributed by atoms with Crippen molar-refractivity contribution in [1.82, 2.24) is 0 Å². The van der Waals surface area contributed by atoms with Crippen molar-refractivity contribution in [2.45, 2.75) is 26.0 Å². The predicted molar refractivity (Wildman–Crippen MR) is 70.9 cm³/mol. The first-order valence-electron chi connectivity index (χ1n) is 6.22. The summed E-state index contributed by atoms with van der Waals surface area (Å²) in [6.45, 7) is 3.43. The molecule has 0 aliphatic carbocycles. The molecule has 0 heterocycles. The van der Waals surface area contributed by atoms with E-state index in [2.05, 4.69) is 4.74 Å². The third-order valence-corrected chi connectivity index (χ3v) is 4.61. The first-order valence-corrected chi connectivity index (χ1v) is 7.83. The van der Waals surface area contributed by atoms with Gasteiger partial charge in [-0.2, -0.15) is 0 Å². The molecular weight excluding hydrogens is 310 g/mol. The second-order valence-corrected chi connectivity index (χ2v) is 6.09. The van der Waals surface area contributed by atoms with Crippen LogP contribution in [0.2, 0.25) is 0 Å². The maximum Gasteiger partial charge on any atom is 0.573 e. The number of halogens is 3. The van der Waals surface area contributed by atoms with Crippen LogP contribution in [-0.2, 0) is 13.6 Å². The predicted octanol–water partition coefficient (Wildman–Crippen LogP) is 3.81. The third kappa shape index (κ3) is 5.32. The monoisotopic (exact) mass is 327 g/mol. The van der Waals surface area contributed by atoms with Crippen LogP contribution in [0.4, 0.5) is 13.2 Å². The molecule has 5 nitrogen and oxygen atoms in total. The quantitative estimate of drug-likeness (QED) is 0.771. The third-order valence-electron chi connectivity index (χ3n) is 2.39. The van der Waals surface area contributed by atoms with E-state index in [-0.39, 0.29) is 18.8 Å². The molecule has 0 amide bonds. The summed E-state index contributed by atoms with van der Waals surface area (Å²) in [6, 6.07) is 4.93. The molecule has 0 fully saturated rings. The lowest BCUT2D eigenvalue weighted by atomic mass is 10.2. The van der Waals surface area contributed by atoms with Gasteiger partial charge in [0.05, 0.1) is 13.2 Å². The molecule has 0 aliphatic heterocycles. The van der Waals surface area contributed by atoms with Gasteiger partial charge in [0.1, 0.15) is 11.5 Å². The molecule has 0 bridgehead atoms. The molecule has 1 aromatic rings. The molecule has 1 rings (SSSR count). The van der Waals surface area contributed by atoms with Crippen molar-refractivity contribution in [3.05, 3.63) is 29.8 Å². The summed E-state index contributed by atoms with van der Waals surface area (Å²) in [6.07, 6.45) is -4.81. The lowest BCUT2D eigenvalue weighted by Crippen LogP contribution is -2.18. The van der Waals surface area contributed by atoms with Crippen molar-refractivity contribution in [2.24, 2.45) is 5.73 Å². The van der Waals surface area contributed by atoms with Gasteiger partial charge in [0, 0.05) is 0 Å². The van der Waals surface area contributed by atoms with Crippen LogP contribution in [0.25, 0.3) is 0 Å². The zero-order valence-electron chi connectivity index (χ0n) is 11.6. The van der Waals surface area contributed by atoms with E-state index in [4.69, 9.17) is 14.8 Å². The van der Waals surface area contributed by atoms with Gasteiger partial charge in [0.2, 0.25) is 0 Å². The van der Waals surface area contributed by atoms with E-state index in [1.54, 1.807) is 13.8 Å². The van der Waals surface area contributed by atoms with E-state index in [0.717, 1.165) is 12.1 Å². The number of ether oxygens (including phenoxy) is 1. The molecule has 21 heavy (non-hydrogen) atoms. The molecule has 0 aromatic heterocycles. The molecule has 120 valence electrons. The van der Waals surface area contributed by atoms with E-state index in [9.17, 15) is 17.7 Å². The molecule has 9 heteroatoms. The van der Waals surface area contributed by atoms with Crippen molar-refractivity contribution in [2.75, 3.05) is 13.2 Å². The van der Waals surface area contributed by atoms with Gasteiger partial charge in [0.25, 0.3) is 0 Å². The lowest BCUT2D eigenvalue weighted by molar-refractivity contribution is -0.274. The van der Waals surface area contributed by atoms with Gasteiger partial charge in [0.15, 0.2) is 0 Å². The Bertz CT molecular complexity index is 500. The minimum Gasteiger partial charge on any atom is -0.406 e. The summed E-state index contributed by atoms with van der Waals surface area (Å²) >= 11 is 0. The van der Waals surface area contributed by atoms with Gasteiger partial charge >= 0.3 is 14.0 Å². The molecule has 0 saturated carbocycles. The molecule has 0 saturated heterocycles. The van der Waals surface area contributed by atoms with Crippen molar-refractivity contribution in [1.29, 1.82) is 0 Å². The maximum atomic E-state index is 12.5. The average Bonchev–Trinajstić information content (AvgIpc) is 2.36. The highest BCUT2D eigenvalue weighted by Crippen LogP contribution is 2.58. The van der Waals surface area contributed by atoms with Crippen molar-refractivity contribution in [3.63, 3.8) is 0 Å². The standard InChI is InChI=1S/C12H17F3NO4P/c1-3-18-21(17,19-4-2)11(16)9-6-5-7-10(8-9)20-12(13,14)15/h5-8,11H,3-4,16H2,1-2H3/t11-/m0/s1. The van der Waals surface area contributed by atoms with E-state index in [1.807, 2.05) is 0 Å². The Kier molecular flexibility index (Phi) is 6.22. The Labute approximate surface area is 120 Å². The highest BCUT2D eigenvalue weighted by atomic mass is 31.2. The van der Waals surface area contributed by atoms with Gasteiger partial charge in [-0.05, 0) is 31.5 Å². The van der Waals surface area contributed by atoms with Crippen LogP contribution in [-0.4, -0.2) is 19.6 Å². The van der Waals surface area contributed by atoms with E-state index in [1.165, 1.54) is 12.1 Å². The largest absolute Gasteiger partial charge is 0.573 e. The number of benzene rings is 1. The molecule has 1 atom stereocenters. The van der Waals surface area contributed by atoms with Crippen molar-refractivity contribution in [3.8, 4) is 5.75 Å². The van der Waals surface area contributed by atoms with Crippen molar-refractivity contribution >= 4 is 7.60 Å². The topological polar surface area (TPSA) is 70.8 Å².